The zero-order valence-electron chi connectivity index (χ0n) is 18.0. The lowest BCUT2D eigenvalue weighted by atomic mass is 9.44. The first-order chi connectivity index (χ1) is 13.6. The maximum absolute atomic E-state index is 13.3. The van der Waals surface area contributed by atoms with Crippen LogP contribution in [0.4, 0.5) is 0 Å². The molecule has 0 bridgehead atoms. The van der Waals surface area contributed by atoms with E-state index in [0.717, 1.165) is 32.1 Å². The lowest BCUT2D eigenvalue weighted by Gasteiger charge is -2.59. The van der Waals surface area contributed by atoms with Gasteiger partial charge >= 0.3 is 5.97 Å². The summed E-state index contributed by atoms with van der Waals surface area (Å²) in [5, 5.41) is 19.0. The molecule has 9 atom stereocenters. The molecule has 0 aromatic carbocycles. The van der Waals surface area contributed by atoms with Gasteiger partial charge in [0.1, 0.15) is 11.6 Å². The Morgan fingerprint density at radius 1 is 1.07 bits per heavy atom. The minimum absolute atomic E-state index is 0.0438. The number of fused-ring (bicyclic) bond motifs is 5. The minimum atomic E-state index is -1.31. The average Bonchev–Trinajstić information content (AvgIpc) is 3.00. The monoisotopic (exact) mass is 404 g/mol. The summed E-state index contributed by atoms with van der Waals surface area (Å²) in [6, 6.07) is 0. The Kier molecular flexibility index (Phi) is 5.20. The van der Waals surface area contributed by atoms with Gasteiger partial charge in [-0.3, -0.25) is 9.59 Å². The summed E-state index contributed by atoms with van der Waals surface area (Å²) in [6.07, 6.45) is 5.87. The van der Waals surface area contributed by atoms with Gasteiger partial charge in [0.05, 0.1) is 0 Å². The second-order valence-corrected chi connectivity index (χ2v) is 11.2. The van der Waals surface area contributed by atoms with E-state index < -0.39 is 12.1 Å². The van der Waals surface area contributed by atoms with E-state index in [9.17, 15) is 19.5 Å². The van der Waals surface area contributed by atoms with Crippen molar-refractivity contribution in [1.82, 2.24) is 0 Å². The fraction of sp³-hybridized carbons (Fsp3) is 0.875. The van der Waals surface area contributed by atoms with Crippen LogP contribution in [-0.4, -0.2) is 33.9 Å². The quantitative estimate of drug-likeness (QED) is 0.742. The Hall–Kier alpha value is -1.23. The molecule has 2 N–H and O–H groups in total. The van der Waals surface area contributed by atoms with Crippen LogP contribution >= 0.6 is 0 Å². The van der Waals surface area contributed by atoms with Crippen LogP contribution in [-0.2, 0) is 14.4 Å². The van der Waals surface area contributed by atoms with E-state index in [1.54, 1.807) is 0 Å². The molecule has 0 amide bonds. The zero-order valence-corrected chi connectivity index (χ0v) is 18.0. The van der Waals surface area contributed by atoms with E-state index in [2.05, 4.69) is 20.8 Å². The first kappa shape index (κ1) is 21.0. The van der Waals surface area contributed by atoms with E-state index in [4.69, 9.17) is 5.11 Å². The highest BCUT2D eigenvalue weighted by atomic mass is 16.4. The Bertz CT molecular complexity index is 716. The molecule has 0 radical (unpaired) electrons. The lowest BCUT2D eigenvalue weighted by Crippen LogP contribution is -2.57. The van der Waals surface area contributed by atoms with E-state index in [0.29, 0.717) is 48.6 Å². The average molecular weight is 405 g/mol. The Morgan fingerprint density at radius 2 is 1.76 bits per heavy atom. The van der Waals surface area contributed by atoms with Crippen LogP contribution in [0.15, 0.2) is 0 Å². The molecule has 5 heteroatoms. The molecule has 162 valence electrons. The molecule has 0 heterocycles. The molecule has 0 unspecified atom stereocenters. The smallest absolute Gasteiger partial charge is 0.332 e. The number of aliphatic hydroxyl groups excluding tert-OH is 1. The summed E-state index contributed by atoms with van der Waals surface area (Å²) < 4.78 is 0. The maximum atomic E-state index is 13.3. The predicted molar refractivity (Wildman–Crippen MR) is 108 cm³/mol. The van der Waals surface area contributed by atoms with Gasteiger partial charge in [-0.1, -0.05) is 20.8 Å². The van der Waals surface area contributed by atoms with E-state index in [1.807, 2.05) is 0 Å². The topological polar surface area (TPSA) is 91.7 Å². The van der Waals surface area contributed by atoms with Crippen LogP contribution in [0.3, 0.4) is 0 Å². The van der Waals surface area contributed by atoms with Crippen LogP contribution < -0.4 is 0 Å². The molecular weight excluding hydrogens is 368 g/mol. The van der Waals surface area contributed by atoms with Crippen molar-refractivity contribution >= 4 is 17.5 Å². The molecular formula is C24H36O5. The Labute approximate surface area is 173 Å². The molecule has 4 aliphatic rings. The molecule has 4 aliphatic carbocycles. The highest BCUT2D eigenvalue weighted by Gasteiger charge is 2.63. The van der Waals surface area contributed by atoms with Crippen molar-refractivity contribution in [3.05, 3.63) is 0 Å². The van der Waals surface area contributed by atoms with Gasteiger partial charge < -0.3 is 10.2 Å². The Morgan fingerprint density at radius 3 is 2.45 bits per heavy atom. The fourth-order valence-corrected chi connectivity index (χ4v) is 8.32. The van der Waals surface area contributed by atoms with Crippen molar-refractivity contribution in [3.63, 3.8) is 0 Å². The van der Waals surface area contributed by atoms with Crippen molar-refractivity contribution in [2.24, 2.45) is 46.3 Å². The van der Waals surface area contributed by atoms with Gasteiger partial charge in [0, 0.05) is 25.2 Å². The number of rotatable bonds is 4. The number of ketones is 2. The van der Waals surface area contributed by atoms with Gasteiger partial charge in [-0.15, -0.1) is 0 Å². The standard InChI is InChI=1S/C24H36O5/c1-13(10-20(27)22(28)29)16-4-5-17-21-18(7-9-24(16,17)3)23(2)8-6-15(25)11-14(23)12-19(21)26/h13-14,16-18,20-21,27H,4-12H2,1-3H3,(H,28,29)/t13-,14+,16-,17+,18+,20-,21+,23+,24-/m1/s1. The molecule has 5 nitrogen and oxygen atoms in total. The summed E-state index contributed by atoms with van der Waals surface area (Å²) >= 11 is 0. The Balaban J connectivity index is 1.57. The third-order valence-corrected chi connectivity index (χ3v) is 9.93. The molecule has 0 aliphatic heterocycles. The zero-order chi connectivity index (χ0) is 21.1. The summed E-state index contributed by atoms with van der Waals surface area (Å²) in [5.74, 6) is 1.11. The highest BCUT2D eigenvalue weighted by molar-refractivity contribution is 5.86. The number of carbonyl (C=O) groups excluding carboxylic acids is 2. The first-order valence-corrected chi connectivity index (χ1v) is 11.5. The van der Waals surface area contributed by atoms with Crippen molar-refractivity contribution < 1.29 is 24.6 Å². The van der Waals surface area contributed by atoms with E-state index in [-0.39, 0.29) is 35.0 Å². The van der Waals surface area contributed by atoms with Gasteiger partial charge in [0.15, 0.2) is 6.10 Å². The largest absolute Gasteiger partial charge is 0.479 e. The van der Waals surface area contributed by atoms with Gasteiger partial charge in [0.2, 0.25) is 0 Å². The number of hydrogen-bond acceptors (Lipinski definition) is 4. The van der Waals surface area contributed by atoms with Crippen LogP contribution in [0.1, 0.15) is 78.6 Å². The number of Topliss-reactive ketones (excluding diaryl/α,β-unsaturated/α-hetero) is 2. The van der Waals surface area contributed by atoms with Gasteiger partial charge in [-0.25, -0.2) is 4.79 Å². The molecule has 0 saturated heterocycles. The van der Waals surface area contributed by atoms with E-state index in [1.165, 1.54) is 0 Å². The molecule has 4 saturated carbocycles. The first-order valence-electron chi connectivity index (χ1n) is 11.5. The van der Waals surface area contributed by atoms with Crippen molar-refractivity contribution in [3.8, 4) is 0 Å². The third kappa shape index (κ3) is 3.19. The summed E-state index contributed by atoms with van der Waals surface area (Å²) in [4.78, 5) is 36.5. The van der Waals surface area contributed by atoms with Gasteiger partial charge in [-0.05, 0) is 78.9 Å². The number of hydrogen-bond donors (Lipinski definition) is 2. The number of carbonyl (C=O) groups is 3. The van der Waals surface area contributed by atoms with Crippen molar-refractivity contribution in [2.45, 2.75) is 84.7 Å². The normalized spacial score (nSPS) is 46.4. The molecule has 29 heavy (non-hydrogen) atoms. The second kappa shape index (κ2) is 7.18. The molecule has 4 rings (SSSR count). The van der Waals surface area contributed by atoms with E-state index >= 15 is 0 Å². The summed E-state index contributed by atoms with van der Waals surface area (Å²) in [5.41, 5.74) is 0.152. The number of aliphatic carboxylic acids is 1. The molecule has 4 fully saturated rings. The second-order valence-electron chi connectivity index (χ2n) is 11.2. The lowest BCUT2D eigenvalue weighted by molar-refractivity contribution is -0.159. The SMILES string of the molecule is C[C@H](C[C@@H](O)C(=O)O)[C@H]1CC[C@H]2[C@@H]3C(=O)C[C@@H]4CC(=O)CC[C@]4(C)[C@H]3CC[C@]12C. The van der Waals surface area contributed by atoms with Crippen LogP contribution in [0.5, 0.6) is 0 Å². The number of carboxylic acid groups (broad SMARTS) is 1. The van der Waals surface area contributed by atoms with Crippen LogP contribution in [0.2, 0.25) is 0 Å². The predicted octanol–water partition coefficient (Wildman–Crippen LogP) is 3.87. The molecule has 0 aromatic rings. The van der Waals surface area contributed by atoms with Crippen molar-refractivity contribution in [1.29, 1.82) is 0 Å². The molecule has 0 aromatic heterocycles. The maximum Gasteiger partial charge on any atom is 0.332 e. The number of aliphatic hydroxyl groups is 1. The van der Waals surface area contributed by atoms with Gasteiger partial charge in [0.25, 0.3) is 0 Å². The summed E-state index contributed by atoms with van der Waals surface area (Å²) in [6.45, 7) is 6.74. The number of carboxylic acids is 1. The summed E-state index contributed by atoms with van der Waals surface area (Å²) in [7, 11) is 0. The van der Waals surface area contributed by atoms with Gasteiger partial charge in [-0.2, -0.15) is 0 Å². The van der Waals surface area contributed by atoms with Crippen molar-refractivity contribution in [2.75, 3.05) is 0 Å². The minimum Gasteiger partial charge on any atom is -0.479 e. The fourth-order valence-electron chi connectivity index (χ4n) is 8.32. The van der Waals surface area contributed by atoms with Crippen LogP contribution in [0.25, 0.3) is 0 Å². The van der Waals surface area contributed by atoms with Crippen LogP contribution in [0, 0.1) is 46.3 Å². The molecule has 0 spiro atoms. The highest BCUT2D eigenvalue weighted by Crippen LogP contribution is 2.67. The third-order valence-electron chi connectivity index (χ3n) is 9.93.